The van der Waals surface area contributed by atoms with E-state index in [1.165, 1.54) is 10.8 Å². The maximum Gasteiger partial charge on any atom is 0.231 e. The van der Waals surface area contributed by atoms with Gasteiger partial charge in [0.25, 0.3) is 0 Å². The third kappa shape index (κ3) is 3.49. The van der Waals surface area contributed by atoms with Crippen molar-refractivity contribution in [3.63, 3.8) is 0 Å². The van der Waals surface area contributed by atoms with E-state index in [0.717, 1.165) is 71.8 Å². The Morgan fingerprint density at radius 3 is 2.02 bits per heavy atom. The minimum absolute atomic E-state index is 0.570. The van der Waals surface area contributed by atoms with Crippen LogP contribution >= 0.6 is 0 Å². The van der Waals surface area contributed by atoms with Gasteiger partial charge in [-0.15, -0.1) is 0 Å². The number of benzene rings is 6. The molecule has 0 saturated carbocycles. The smallest absolute Gasteiger partial charge is 0.231 e. The van der Waals surface area contributed by atoms with Gasteiger partial charge in [-0.2, -0.15) is 4.98 Å². The highest BCUT2D eigenvalue weighted by molar-refractivity contribution is 6.18. The monoisotopic (exact) mass is 577 g/mol. The minimum atomic E-state index is 0.570. The van der Waals surface area contributed by atoms with Crippen molar-refractivity contribution in [1.82, 2.24) is 14.5 Å². The van der Waals surface area contributed by atoms with Crippen molar-refractivity contribution in [2.75, 3.05) is 0 Å². The number of nitrogens with zero attached hydrogens (tertiary/aromatic N) is 3. The van der Waals surface area contributed by atoms with Gasteiger partial charge >= 0.3 is 0 Å². The summed E-state index contributed by atoms with van der Waals surface area (Å²) in [4.78, 5) is 10.2. The van der Waals surface area contributed by atoms with E-state index in [-0.39, 0.29) is 0 Å². The maximum absolute atomic E-state index is 6.38. The first-order valence-electron chi connectivity index (χ1n) is 15.0. The Hall–Kier alpha value is -6.20. The largest absolute Gasteiger partial charge is 0.456 e. The van der Waals surface area contributed by atoms with Crippen molar-refractivity contribution in [1.29, 1.82) is 0 Å². The summed E-state index contributed by atoms with van der Waals surface area (Å²) in [5, 5.41) is 6.48. The molecule has 4 aromatic heterocycles. The van der Waals surface area contributed by atoms with Crippen molar-refractivity contribution in [3.8, 4) is 28.3 Å². The molecule has 10 aromatic rings. The fourth-order valence-corrected chi connectivity index (χ4v) is 6.85. The van der Waals surface area contributed by atoms with Gasteiger partial charge in [0.05, 0.1) is 27.8 Å². The average Bonchev–Trinajstić information content (AvgIpc) is 3.76. The van der Waals surface area contributed by atoms with E-state index in [0.29, 0.717) is 11.5 Å². The predicted octanol–water partition coefficient (Wildman–Crippen LogP) is 10.7. The summed E-state index contributed by atoms with van der Waals surface area (Å²) in [6, 6.07) is 47.9. The zero-order valence-electron chi connectivity index (χ0n) is 23.9. The second-order valence-corrected chi connectivity index (χ2v) is 11.4. The summed E-state index contributed by atoms with van der Waals surface area (Å²) in [5.41, 5.74) is 9.06. The molecule has 6 aromatic carbocycles. The summed E-state index contributed by atoms with van der Waals surface area (Å²) in [5.74, 6) is 0.623. The van der Waals surface area contributed by atoms with Crippen LogP contribution in [0.25, 0.3) is 94.1 Å². The van der Waals surface area contributed by atoms with E-state index in [2.05, 4.69) is 83.4 Å². The Balaban J connectivity index is 1.33. The Labute approximate surface area is 256 Å². The third-order valence-electron chi connectivity index (χ3n) is 8.84. The second-order valence-electron chi connectivity index (χ2n) is 11.4. The van der Waals surface area contributed by atoms with Gasteiger partial charge in [-0.3, -0.25) is 0 Å². The fraction of sp³-hybridized carbons (Fsp3) is 0. The molecule has 0 unspecified atom stereocenters. The Morgan fingerprint density at radius 1 is 0.467 bits per heavy atom. The molecule has 0 bridgehead atoms. The van der Waals surface area contributed by atoms with Crippen LogP contribution in [-0.4, -0.2) is 14.5 Å². The van der Waals surface area contributed by atoms with Gasteiger partial charge < -0.3 is 13.4 Å². The van der Waals surface area contributed by atoms with Crippen LogP contribution in [0.4, 0.5) is 0 Å². The van der Waals surface area contributed by atoms with Gasteiger partial charge in [0.2, 0.25) is 5.71 Å². The minimum Gasteiger partial charge on any atom is -0.456 e. The topological polar surface area (TPSA) is 57.0 Å². The number of para-hydroxylation sites is 4. The van der Waals surface area contributed by atoms with Crippen LogP contribution in [0.3, 0.4) is 0 Å². The van der Waals surface area contributed by atoms with Gasteiger partial charge in [0.15, 0.2) is 5.82 Å². The standard InChI is InChI=1S/C40H23N3O2/c1-2-12-24(13-3-1)39-41-38(37-28-17-7-11-21-35(28)45-40(37)42-39)27-16-5-9-19-32(27)43-31-18-8-4-14-25(31)29-22-30-26-15-6-10-20-34(26)44-36(30)23-33(29)43/h1-23H. The first-order valence-corrected chi connectivity index (χ1v) is 15.0. The van der Waals surface area contributed by atoms with Crippen LogP contribution in [0.2, 0.25) is 0 Å². The summed E-state index contributed by atoms with van der Waals surface area (Å²) in [6.07, 6.45) is 0. The molecule has 0 fully saturated rings. The highest BCUT2D eigenvalue weighted by Crippen LogP contribution is 2.42. The van der Waals surface area contributed by atoms with Gasteiger partial charge in [0.1, 0.15) is 16.7 Å². The number of rotatable bonds is 3. The van der Waals surface area contributed by atoms with E-state index in [4.69, 9.17) is 18.8 Å². The second kappa shape index (κ2) is 9.15. The molecule has 0 N–H and O–H groups in total. The van der Waals surface area contributed by atoms with Crippen molar-refractivity contribution >= 4 is 65.8 Å². The molecule has 0 radical (unpaired) electrons. The molecule has 0 aliphatic heterocycles. The molecular formula is C40H23N3O2. The zero-order valence-corrected chi connectivity index (χ0v) is 23.9. The zero-order chi connectivity index (χ0) is 29.5. The molecule has 210 valence electrons. The van der Waals surface area contributed by atoms with Crippen molar-refractivity contribution in [3.05, 3.63) is 140 Å². The number of hydrogen-bond acceptors (Lipinski definition) is 4. The highest BCUT2D eigenvalue weighted by atomic mass is 16.3. The number of aromatic nitrogens is 3. The van der Waals surface area contributed by atoms with E-state index >= 15 is 0 Å². The molecule has 10 rings (SSSR count). The molecule has 5 nitrogen and oxygen atoms in total. The molecule has 0 atom stereocenters. The van der Waals surface area contributed by atoms with E-state index < -0.39 is 0 Å². The van der Waals surface area contributed by atoms with Gasteiger partial charge in [0, 0.05) is 44.1 Å². The summed E-state index contributed by atoms with van der Waals surface area (Å²) < 4.78 is 15.1. The SMILES string of the molecule is c1ccc(-c2nc(-c3ccccc3-n3c4ccccc4c4cc5c(cc43)oc3ccccc35)c3c(n2)oc2ccccc23)cc1. The van der Waals surface area contributed by atoms with Crippen LogP contribution in [0.15, 0.2) is 148 Å². The van der Waals surface area contributed by atoms with E-state index in [1.54, 1.807) is 0 Å². The molecule has 0 amide bonds. The number of hydrogen-bond donors (Lipinski definition) is 0. The Morgan fingerprint density at radius 2 is 1.16 bits per heavy atom. The first kappa shape index (κ1) is 24.3. The lowest BCUT2D eigenvalue weighted by Gasteiger charge is -2.15. The maximum atomic E-state index is 6.38. The van der Waals surface area contributed by atoms with Gasteiger partial charge in [-0.25, -0.2) is 4.98 Å². The lowest BCUT2D eigenvalue weighted by Crippen LogP contribution is -2.00. The first-order chi connectivity index (χ1) is 22.3. The van der Waals surface area contributed by atoms with Crippen LogP contribution in [0.1, 0.15) is 0 Å². The van der Waals surface area contributed by atoms with Gasteiger partial charge in [-0.1, -0.05) is 103 Å². The van der Waals surface area contributed by atoms with Crippen molar-refractivity contribution < 1.29 is 8.83 Å². The molecule has 0 aliphatic rings. The number of fused-ring (bicyclic) bond motifs is 9. The lowest BCUT2D eigenvalue weighted by molar-refractivity contribution is 0.653. The van der Waals surface area contributed by atoms with E-state index in [9.17, 15) is 0 Å². The van der Waals surface area contributed by atoms with Crippen LogP contribution < -0.4 is 0 Å². The quantitative estimate of drug-likeness (QED) is 0.210. The molecule has 5 heteroatoms. The van der Waals surface area contributed by atoms with Crippen LogP contribution in [0.5, 0.6) is 0 Å². The van der Waals surface area contributed by atoms with Crippen LogP contribution in [0, 0.1) is 0 Å². The number of furan rings is 2. The van der Waals surface area contributed by atoms with Gasteiger partial charge in [-0.05, 0) is 30.3 Å². The molecule has 0 aliphatic carbocycles. The average molecular weight is 578 g/mol. The predicted molar refractivity (Wildman–Crippen MR) is 182 cm³/mol. The summed E-state index contributed by atoms with van der Waals surface area (Å²) in [7, 11) is 0. The molecule has 0 spiro atoms. The molecule has 0 saturated heterocycles. The molecule has 45 heavy (non-hydrogen) atoms. The fourth-order valence-electron chi connectivity index (χ4n) is 6.85. The normalized spacial score (nSPS) is 12.0. The third-order valence-corrected chi connectivity index (χ3v) is 8.84. The summed E-state index contributed by atoms with van der Waals surface area (Å²) >= 11 is 0. The molecular weight excluding hydrogens is 554 g/mol. The van der Waals surface area contributed by atoms with Crippen molar-refractivity contribution in [2.45, 2.75) is 0 Å². The molecule has 4 heterocycles. The van der Waals surface area contributed by atoms with E-state index in [1.807, 2.05) is 60.7 Å². The highest BCUT2D eigenvalue weighted by Gasteiger charge is 2.23. The Bertz CT molecular complexity index is 2770. The summed E-state index contributed by atoms with van der Waals surface area (Å²) in [6.45, 7) is 0. The Kier molecular flexibility index (Phi) is 4.93. The van der Waals surface area contributed by atoms with Crippen LogP contribution in [-0.2, 0) is 0 Å². The van der Waals surface area contributed by atoms with Crippen molar-refractivity contribution in [2.24, 2.45) is 0 Å². The lowest BCUT2D eigenvalue weighted by atomic mass is 10.0.